The molecule has 0 atom stereocenters. The third-order valence-electron chi connectivity index (χ3n) is 4.59. The van der Waals surface area contributed by atoms with Gasteiger partial charge in [0.2, 0.25) is 0 Å². The first-order chi connectivity index (χ1) is 12.6. The van der Waals surface area contributed by atoms with Gasteiger partial charge >= 0.3 is 15.5 Å². The lowest BCUT2D eigenvalue weighted by atomic mass is 9.98. The maximum atomic E-state index is 14.6. The van der Waals surface area contributed by atoms with Crippen LogP contribution in [0.4, 0.5) is 23.2 Å². The number of pyridine rings is 1. The van der Waals surface area contributed by atoms with Crippen molar-refractivity contribution in [1.82, 2.24) is 9.29 Å². The summed E-state index contributed by atoms with van der Waals surface area (Å²) in [7, 11) is -5.29. The summed E-state index contributed by atoms with van der Waals surface area (Å²) in [5.74, 6) is -0.640. The molecule has 5 nitrogen and oxygen atoms in total. The number of halogens is 5. The molecule has 1 aromatic carbocycles. The molecule has 1 aliphatic rings. The van der Waals surface area contributed by atoms with E-state index in [1.54, 1.807) is 12.1 Å². The van der Waals surface area contributed by atoms with E-state index >= 15 is 0 Å². The highest BCUT2D eigenvalue weighted by Crippen LogP contribution is 2.31. The first-order valence-electron chi connectivity index (χ1n) is 8.14. The normalized spacial score (nSPS) is 17.4. The van der Waals surface area contributed by atoms with E-state index in [2.05, 4.69) is 10.3 Å². The van der Waals surface area contributed by atoms with Gasteiger partial charge in [0.05, 0.1) is 10.7 Å². The minimum absolute atomic E-state index is 0.0768. The number of hydrogen-bond donors (Lipinski definition) is 1. The number of nitrogens with one attached hydrogen (secondary N) is 1. The molecule has 3 rings (SSSR count). The monoisotopic (exact) mass is 425 g/mol. The standard InChI is InChI=1S/C16H16ClF4N3O2S/c17-12-3-6-22-15-11(12)1-2-13(14(15)18)23-9-10-4-7-24(8-5-10)27(25,26)16(19,20)21/h1-3,6,10,23H,4-5,7-9H2. The maximum Gasteiger partial charge on any atom is 0.511 e. The first kappa shape index (κ1) is 20.1. The van der Waals surface area contributed by atoms with Crippen molar-refractivity contribution in [1.29, 1.82) is 0 Å². The Labute approximate surface area is 158 Å². The van der Waals surface area contributed by atoms with E-state index in [-0.39, 0.29) is 43.1 Å². The van der Waals surface area contributed by atoms with Crippen LogP contribution in [-0.2, 0) is 10.0 Å². The molecular formula is C16H16ClF4N3O2S. The number of benzene rings is 1. The highest BCUT2D eigenvalue weighted by atomic mass is 35.5. The Balaban J connectivity index is 1.63. The molecule has 0 radical (unpaired) electrons. The van der Waals surface area contributed by atoms with E-state index in [4.69, 9.17) is 11.6 Å². The van der Waals surface area contributed by atoms with E-state index in [1.807, 2.05) is 0 Å². The van der Waals surface area contributed by atoms with Crippen LogP contribution >= 0.6 is 11.6 Å². The zero-order chi connectivity index (χ0) is 19.8. The van der Waals surface area contributed by atoms with Crippen LogP contribution < -0.4 is 5.32 Å². The zero-order valence-corrected chi connectivity index (χ0v) is 15.5. The Hall–Kier alpha value is -1.65. The minimum atomic E-state index is -5.29. The Bertz CT molecular complexity index is 945. The second-order valence-electron chi connectivity index (χ2n) is 6.29. The van der Waals surface area contributed by atoms with Gasteiger partial charge in [0.1, 0.15) is 5.52 Å². The fourth-order valence-electron chi connectivity index (χ4n) is 3.04. The molecule has 2 aromatic rings. The zero-order valence-electron chi connectivity index (χ0n) is 13.9. The quantitative estimate of drug-likeness (QED) is 0.752. The van der Waals surface area contributed by atoms with E-state index in [0.29, 0.717) is 21.3 Å². The number of nitrogens with zero attached hydrogens (tertiary/aromatic N) is 2. The molecule has 11 heteroatoms. The molecule has 0 bridgehead atoms. The number of piperidine rings is 1. The van der Waals surface area contributed by atoms with Gasteiger partial charge in [0.25, 0.3) is 0 Å². The average molecular weight is 426 g/mol. The second-order valence-corrected chi connectivity index (χ2v) is 8.63. The molecule has 27 heavy (non-hydrogen) atoms. The van der Waals surface area contributed by atoms with E-state index < -0.39 is 21.3 Å². The summed E-state index contributed by atoms with van der Waals surface area (Å²) in [6, 6.07) is 4.71. The lowest BCUT2D eigenvalue weighted by Gasteiger charge is -2.31. The largest absolute Gasteiger partial charge is 0.511 e. The van der Waals surface area contributed by atoms with Gasteiger partial charge < -0.3 is 5.32 Å². The third kappa shape index (κ3) is 3.97. The fraction of sp³-hybridized carbons (Fsp3) is 0.438. The molecule has 0 aliphatic carbocycles. The molecule has 0 spiro atoms. The van der Waals surface area contributed by atoms with Gasteiger partial charge in [-0.15, -0.1) is 0 Å². The molecule has 2 heterocycles. The molecule has 1 aliphatic heterocycles. The van der Waals surface area contributed by atoms with Gasteiger partial charge in [0.15, 0.2) is 5.82 Å². The number of alkyl halides is 3. The minimum Gasteiger partial charge on any atom is -0.382 e. The van der Waals surface area contributed by atoms with Crippen LogP contribution in [0.1, 0.15) is 12.8 Å². The van der Waals surface area contributed by atoms with E-state index in [9.17, 15) is 26.0 Å². The van der Waals surface area contributed by atoms with Crippen LogP contribution in [0.3, 0.4) is 0 Å². The van der Waals surface area contributed by atoms with Crippen molar-refractivity contribution >= 4 is 38.2 Å². The van der Waals surface area contributed by atoms with Crippen molar-refractivity contribution in [2.45, 2.75) is 18.3 Å². The molecular weight excluding hydrogens is 410 g/mol. The van der Waals surface area contributed by atoms with Crippen LogP contribution in [-0.4, -0.2) is 42.8 Å². The predicted molar refractivity (Wildman–Crippen MR) is 94.5 cm³/mol. The highest BCUT2D eigenvalue weighted by Gasteiger charge is 2.50. The lowest BCUT2D eigenvalue weighted by molar-refractivity contribution is -0.0496. The SMILES string of the molecule is O=S(=O)(N1CCC(CNc2ccc3c(Cl)ccnc3c2F)CC1)C(F)(F)F. The summed E-state index contributed by atoms with van der Waals surface area (Å²) < 4.78 is 75.6. The van der Waals surface area contributed by atoms with Crippen molar-refractivity contribution in [3.63, 3.8) is 0 Å². The number of fused-ring (bicyclic) bond motifs is 1. The Morgan fingerprint density at radius 3 is 2.52 bits per heavy atom. The van der Waals surface area contributed by atoms with Gasteiger partial charge in [-0.3, -0.25) is 4.98 Å². The molecule has 1 fully saturated rings. The molecule has 1 saturated heterocycles. The molecule has 1 N–H and O–H groups in total. The molecule has 0 unspecified atom stereocenters. The third-order valence-corrected chi connectivity index (χ3v) is 6.54. The smallest absolute Gasteiger partial charge is 0.382 e. The summed E-state index contributed by atoms with van der Waals surface area (Å²) in [5.41, 5.74) is -4.96. The van der Waals surface area contributed by atoms with Gasteiger partial charge in [-0.2, -0.15) is 17.5 Å². The Kier molecular flexibility index (Phi) is 5.51. The molecule has 148 valence electrons. The fourth-order valence-corrected chi connectivity index (χ4v) is 4.23. The van der Waals surface area contributed by atoms with Crippen LogP contribution in [0.25, 0.3) is 10.9 Å². The number of hydrogen-bond acceptors (Lipinski definition) is 4. The van der Waals surface area contributed by atoms with Crippen LogP contribution in [0.5, 0.6) is 0 Å². The summed E-state index contributed by atoms with van der Waals surface area (Å²) in [4.78, 5) is 3.98. The number of aromatic nitrogens is 1. The number of rotatable bonds is 4. The Morgan fingerprint density at radius 2 is 1.89 bits per heavy atom. The summed E-state index contributed by atoms with van der Waals surface area (Å²) in [5, 5.41) is 3.79. The van der Waals surface area contributed by atoms with Crippen molar-refractivity contribution in [2.75, 3.05) is 25.0 Å². The molecule has 0 saturated carbocycles. The van der Waals surface area contributed by atoms with Crippen LogP contribution in [0.15, 0.2) is 24.4 Å². The predicted octanol–water partition coefficient (Wildman–Crippen LogP) is 4.00. The average Bonchev–Trinajstić information content (AvgIpc) is 2.61. The van der Waals surface area contributed by atoms with Gasteiger partial charge in [-0.05, 0) is 37.0 Å². The van der Waals surface area contributed by atoms with Crippen molar-refractivity contribution < 1.29 is 26.0 Å². The van der Waals surface area contributed by atoms with Crippen molar-refractivity contribution in [2.24, 2.45) is 5.92 Å². The van der Waals surface area contributed by atoms with Gasteiger partial charge in [0, 0.05) is 31.2 Å². The van der Waals surface area contributed by atoms with Crippen LogP contribution in [0.2, 0.25) is 5.02 Å². The summed E-state index contributed by atoms with van der Waals surface area (Å²) in [6.45, 7) is -0.125. The van der Waals surface area contributed by atoms with Crippen molar-refractivity contribution in [3.05, 3.63) is 35.2 Å². The number of anilines is 1. The summed E-state index contributed by atoms with van der Waals surface area (Å²) >= 11 is 6.00. The molecule has 1 aromatic heterocycles. The topological polar surface area (TPSA) is 62.3 Å². The van der Waals surface area contributed by atoms with Crippen LogP contribution in [0, 0.1) is 11.7 Å². The number of sulfonamides is 1. The van der Waals surface area contributed by atoms with Crippen molar-refractivity contribution in [3.8, 4) is 0 Å². The highest BCUT2D eigenvalue weighted by molar-refractivity contribution is 7.90. The van der Waals surface area contributed by atoms with E-state index in [1.165, 1.54) is 12.3 Å². The molecule has 0 amide bonds. The Morgan fingerprint density at radius 1 is 1.22 bits per heavy atom. The van der Waals surface area contributed by atoms with Gasteiger partial charge in [-0.25, -0.2) is 12.8 Å². The second kappa shape index (κ2) is 7.40. The first-order valence-corrected chi connectivity index (χ1v) is 9.96. The van der Waals surface area contributed by atoms with Gasteiger partial charge in [-0.1, -0.05) is 11.6 Å². The van der Waals surface area contributed by atoms with E-state index in [0.717, 1.165) is 0 Å². The summed E-state index contributed by atoms with van der Waals surface area (Å²) in [6.07, 6.45) is 1.90. The lowest BCUT2D eigenvalue weighted by Crippen LogP contribution is -2.45. The maximum absolute atomic E-state index is 14.6.